The number of ether oxygens (including phenoxy) is 1. The van der Waals surface area contributed by atoms with E-state index in [1.807, 2.05) is 13.8 Å². The number of rotatable bonds is 6. The van der Waals surface area contributed by atoms with Crippen molar-refractivity contribution in [1.29, 1.82) is 0 Å². The summed E-state index contributed by atoms with van der Waals surface area (Å²) in [5.74, 6) is -0.0866. The highest BCUT2D eigenvalue weighted by molar-refractivity contribution is 6.06. The molecule has 0 bridgehead atoms. The fourth-order valence-corrected chi connectivity index (χ4v) is 1.78. The smallest absolute Gasteiger partial charge is 0.387 e. The van der Waals surface area contributed by atoms with Gasteiger partial charge in [-0.2, -0.15) is 13.9 Å². The molecule has 0 saturated carbocycles. The van der Waals surface area contributed by atoms with Gasteiger partial charge in [0.15, 0.2) is 5.78 Å². The number of allylic oxidation sites excluding steroid dienone is 1. The molecule has 0 aliphatic heterocycles. The van der Waals surface area contributed by atoms with Gasteiger partial charge in [0.05, 0.1) is 11.8 Å². The van der Waals surface area contributed by atoms with Gasteiger partial charge in [-0.1, -0.05) is 18.2 Å². The molecule has 0 aliphatic rings. The van der Waals surface area contributed by atoms with Gasteiger partial charge < -0.3 is 4.74 Å². The van der Waals surface area contributed by atoms with Crippen LogP contribution in [0.3, 0.4) is 0 Å². The first-order valence-corrected chi connectivity index (χ1v) is 6.77. The number of carbonyl (C=O) groups excluding carboxylic acids is 1. The molecule has 4 nitrogen and oxygen atoms in total. The van der Waals surface area contributed by atoms with Crippen molar-refractivity contribution in [1.82, 2.24) is 9.78 Å². The Hall–Kier alpha value is -2.50. The third-order valence-corrected chi connectivity index (χ3v) is 2.95. The van der Waals surface area contributed by atoms with Crippen LogP contribution in [0.2, 0.25) is 0 Å². The molecule has 0 saturated heterocycles. The number of hydrogen-bond acceptors (Lipinski definition) is 3. The Kier molecular flexibility index (Phi) is 5.04. The number of hydrogen-bond donors (Lipinski definition) is 0. The van der Waals surface area contributed by atoms with Gasteiger partial charge in [0.25, 0.3) is 0 Å². The van der Waals surface area contributed by atoms with Crippen molar-refractivity contribution in [2.24, 2.45) is 0 Å². The normalized spacial score (nSPS) is 11.5. The maximum absolute atomic E-state index is 12.0. The minimum Gasteiger partial charge on any atom is -0.435 e. The molecule has 6 heteroatoms. The van der Waals surface area contributed by atoms with Gasteiger partial charge in [0.2, 0.25) is 0 Å². The molecule has 1 heterocycles. The van der Waals surface area contributed by atoms with Crippen molar-refractivity contribution in [2.45, 2.75) is 26.5 Å². The monoisotopic (exact) mass is 306 g/mol. The lowest BCUT2D eigenvalue weighted by Crippen LogP contribution is -2.01. The number of nitrogens with zero attached hydrogens (tertiary/aromatic N) is 2. The Bertz CT molecular complexity index is 661. The van der Waals surface area contributed by atoms with Crippen LogP contribution in [0.15, 0.2) is 42.7 Å². The highest BCUT2D eigenvalue weighted by Gasteiger charge is 2.07. The van der Waals surface area contributed by atoms with Crippen LogP contribution in [0, 0.1) is 0 Å². The predicted octanol–water partition coefficient (Wildman–Crippen LogP) is 3.96. The van der Waals surface area contributed by atoms with E-state index in [4.69, 9.17) is 0 Å². The Morgan fingerprint density at radius 2 is 1.95 bits per heavy atom. The summed E-state index contributed by atoms with van der Waals surface area (Å²) in [6.07, 6.45) is 6.25. The molecule has 0 unspecified atom stereocenters. The van der Waals surface area contributed by atoms with Gasteiger partial charge in [-0.15, -0.1) is 0 Å². The molecular formula is C16H16F2N2O2. The molecular weight excluding hydrogens is 290 g/mol. The van der Waals surface area contributed by atoms with E-state index in [-0.39, 0.29) is 17.6 Å². The Morgan fingerprint density at radius 3 is 2.50 bits per heavy atom. The van der Waals surface area contributed by atoms with Crippen LogP contribution in [-0.4, -0.2) is 22.2 Å². The van der Waals surface area contributed by atoms with E-state index in [0.29, 0.717) is 11.1 Å². The van der Waals surface area contributed by atoms with E-state index in [1.54, 1.807) is 29.1 Å². The lowest BCUT2D eigenvalue weighted by Gasteiger charge is -2.03. The van der Waals surface area contributed by atoms with E-state index in [0.717, 1.165) is 0 Å². The third-order valence-electron chi connectivity index (χ3n) is 2.95. The number of aromatic nitrogens is 2. The Balaban J connectivity index is 2.02. The van der Waals surface area contributed by atoms with Gasteiger partial charge >= 0.3 is 6.61 Å². The maximum atomic E-state index is 12.0. The van der Waals surface area contributed by atoms with E-state index in [9.17, 15) is 13.6 Å². The number of ketones is 1. The van der Waals surface area contributed by atoms with Gasteiger partial charge in [-0.05, 0) is 37.6 Å². The third kappa shape index (κ3) is 4.25. The topological polar surface area (TPSA) is 44.1 Å². The second kappa shape index (κ2) is 6.98. The van der Waals surface area contributed by atoms with Crippen molar-refractivity contribution in [2.75, 3.05) is 0 Å². The Labute approximate surface area is 127 Å². The zero-order chi connectivity index (χ0) is 16.1. The van der Waals surface area contributed by atoms with Gasteiger partial charge in [0.1, 0.15) is 5.75 Å². The molecule has 0 fully saturated rings. The highest BCUT2D eigenvalue weighted by Crippen LogP contribution is 2.16. The lowest BCUT2D eigenvalue weighted by molar-refractivity contribution is -0.0498. The highest BCUT2D eigenvalue weighted by atomic mass is 19.3. The minimum absolute atomic E-state index is 0.0803. The zero-order valence-electron chi connectivity index (χ0n) is 12.2. The molecule has 0 spiro atoms. The average Bonchev–Trinajstić information content (AvgIpc) is 2.96. The molecule has 1 aromatic heterocycles. The number of alkyl halides is 2. The average molecular weight is 306 g/mol. The quantitative estimate of drug-likeness (QED) is 0.599. The second-order valence-corrected chi connectivity index (χ2v) is 4.95. The molecule has 2 rings (SSSR count). The van der Waals surface area contributed by atoms with Crippen LogP contribution in [0.25, 0.3) is 6.08 Å². The first-order valence-electron chi connectivity index (χ1n) is 6.77. The van der Waals surface area contributed by atoms with Crippen LogP contribution in [0.5, 0.6) is 5.75 Å². The van der Waals surface area contributed by atoms with Gasteiger partial charge in [-0.25, -0.2) is 0 Å². The standard InChI is InChI=1S/C16H16F2N2O2/c1-11(2)20-10-13(9-19-20)15(21)8-5-12-3-6-14(7-4-12)22-16(17)18/h3-11,16H,1-2H3. The zero-order valence-corrected chi connectivity index (χ0v) is 12.2. The van der Waals surface area contributed by atoms with Gasteiger partial charge in [-0.3, -0.25) is 9.48 Å². The number of carbonyl (C=O) groups is 1. The van der Waals surface area contributed by atoms with Crippen LogP contribution < -0.4 is 4.74 Å². The summed E-state index contributed by atoms with van der Waals surface area (Å²) in [5.41, 5.74) is 1.22. The molecule has 1 aromatic carbocycles. The fourth-order valence-electron chi connectivity index (χ4n) is 1.78. The van der Waals surface area contributed by atoms with Gasteiger partial charge in [0, 0.05) is 12.2 Å². The van der Waals surface area contributed by atoms with Crippen molar-refractivity contribution in [3.8, 4) is 5.75 Å². The van der Waals surface area contributed by atoms with E-state index >= 15 is 0 Å². The lowest BCUT2D eigenvalue weighted by atomic mass is 10.1. The fraction of sp³-hybridized carbons (Fsp3) is 0.250. The SMILES string of the molecule is CC(C)n1cc(C(=O)C=Cc2ccc(OC(F)F)cc2)cn1. The molecule has 0 N–H and O–H groups in total. The van der Waals surface area contributed by atoms with Crippen molar-refractivity contribution in [3.05, 3.63) is 53.9 Å². The van der Waals surface area contributed by atoms with Crippen LogP contribution in [-0.2, 0) is 0 Å². The van der Waals surface area contributed by atoms with Crippen LogP contribution >= 0.6 is 0 Å². The summed E-state index contributed by atoms with van der Waals surface area (Å²) in [4.78, 5) is 12.0. The van der Waals surface area contributed by atoms with Crippen LogP contribution in [0.1, 0.15) is 35.8 Å². The second-order valence-electron chi connectivity index (χ2n) is 4.95. The molecule has 116 valence electrons. The largest absolute Gasteiger partial charge is 0.435 e. The van der Waals surface area contributed by atoms with Crippen molar-refractivity contribution < 1.29 is 18.3 Å². The molecule has 0 amide bonds. The first-order chi connectivity index (χ1) is 10.5. The number of benzene rings is 1. The van der Waals surface area contributed by atoms with E-state index in [1.165, 1.54) is 24.4 Å². The Morgan fingerprint density at radius 1 is 1.27 bits per heavy atom. The predicted molar refractivity (Wildman–Crippen MR) is 79.1 cm³/mol. The summed E-state index contributed by atoms with van der Waals surface area (Å²) in [6.45, 7) is 1.10. The molecule has 0 aliphatic carbocycles. The molecule has 22 heavy (non-hydrogen) atoms. The van der Waals surface area contributed by atoms with Crippen molar-refractivity contribution >= 4 is 11.9 Å². The minimum atomic E-state index is -2.85. The van der Waals surface area contributed by atoms with E-state index < -0.39 is 6.61 Å². The summed E-state index contributed by atoms with van der Waals surface area (Å²) >= 11 is 0. The molecule has 2 aromatic rings. The first kappa shape index (κ1) is 15.9. The van der Waals surface area contributed by atoms with Crippen molar-refractivity contribution in [3.63, 3.8) is 0 Å². The maximum Gasteiger partial charge on any atom is 0.387 e. The summed E-state index contributed by atoms with van der Waals surface area (Å²) in [6, 6.07) is 6.23. The van der Waals surface area contributed by atoms with E-state index in [2.05, 4.69) is 9.84 Å². The summed E-state index contributed by atoms with van der Waals surface area (Å²) < 4.78 is 30.0. The summed E-state index contributed by atoms with van der Waals surface area (Å²) in [5, 5.41) is 4.11. The molecule has 0 atom stereocenters. The summed E-state index contributed by atoms with van der Waals surface area (Å²) in [7, 11) is 0. The number of halogens is 2. The molecule has 0 radical (unpaired) electrons. The van der Waals surface area contributed by atoms with Crippen LogP contribution in [0.4, 0.5) is 8.78 Å².